The molecule has 310 valence electrons. The van der Waals surface area contributed by atoms with Gasteiger partial charge in [-0.3, -0.25) is 14.6 Å². The predicted molar refractivity (Wildman–Crippen MR) is 221 cm³/mol. The first-order valence-corrected chi connectivity index (χ1v) is 20.7. The van der Waals surface area contributed by atoms with Gasteiger partial charge in [-0.1, -0.05) is 43.9 Å². The Hall–Kier alpha value is -5.88. The molecule has 59 heavy (non-hydrogen) atoms. The number of ether oxygens (including phenoxy) is 3. The Morgan fingerprint density at radius 3 is 2.37 bits per heavy atom. The molecule has 3 fully saturated rings. The maximum Gasteiger partial charge on any atom is 0.407 e. The first-order chi connectivity index (χ1) is 28.6. The van der Waals surface area contributed by atoms with E-state index >= 15 is 0 Å². The van der Waals surface area contributed by atoms with Gasteiger partial charge in [0, 0.05) is 42.8 Å². The molecule has 8 rings (SSSR count). The van der Waals surface area contributed by atoms with Crippen LogP contribution in [-0.2, 0) is 23.8 Å². The average molecular weight is 805 g/mol. The van der Waals surface area contributed by atoms with Crippen molar-refractivity contribution in [2.45, 2.75) is 88.6 Å². The van der Waals surface area contributed by atoms with Crippen LogP contribution >= 0.6 is 0 Å². The van der Waals surface area contributed by atoms with Crippen molar-refractivity contribution in [2.24, 2.45) is 16.8 Å². The summed E-state index contributed by atoms with van der Waals surface area (Å²) in [5.74, 6) is 7.80. The van der Waals surface area contributed by atoms with Crippen molar-refractivity contribution < 1.29 is 33.4 Å². The highest BCUT2D eigenvalue weighted by molar-refractivity contribution is 6.04. The predicted octanol–water partition coefficient (Wildman–Crippen LogP) is 4.49. The van der Waals surface area contributed by atoms with Crippen molar-refractivity contribution in [2.75, 3.05) is 40.5 Å². The van der Waals surface area contributed by atoms with E-state index in [0.29, 0.717) is 39.1 Å². The summed E-state index contributed by atoms with van der Waals surface area (Å²) in [4.78, 5) is 69.2. The molecule has 0 spiro atoms. The molecule has 4 unspecified atom stereocenters. The van der Waals surface area contributed by atoms with Gasteiger partial charge in [0.25, 0.3) is 0 Å². The van der Waals surface area contributed by atoms with Crippen molar-refractivity contribution in [3.63, 3.8) is 0 Å². The smallest absolute Gasteiger partial charge is 0.407 e. The van der Waals surface area contributed by atoms with Gasteiger partial charge in [-0.05, 0) is 86.1 Å². The van der Waals surface area contributed by atoms with Crippen LogP contribution in [0, 0.1) is 23.7 Å². The van der Waals surface area contributed by atoms with Crippen molar-refractivity contribution >= 4 is 51.6 Å². The summed E-state index contributed by atoms with van der Waals surface area (Å²) in [5, 5.41) is 11.1. The number of imidazole rings is 1. The van der Waals surface area contributed by atoms with Crippen LogP contribution in [0.15, 0.2) is 59.1 Å². The zero-order valence-electron chi connectivity index (χ0n) is 34.0. The summed E-state index contributed by atoms with van der Waals surface area (Å²) in [6.45, 7) is 6.11. The molecule has 15 heteroatoms. The maximum atomic E-state index is 14.0. The minimum absolute atomic E-state index is 0.0269. The number of amides is 4. The number of likely N-dealkylation sites (tertiary alicyclic amines) is 2. The van der Waals surface area contributed by atoms with E-state index in [2.05, 4.69) is 57.1 Å². The Kier molecular flexibility index (Phi) is 11.6. The summed E-state index contributed by atoms with van der Waals surface area (Å²) in [6.07, 6.45) is 9.56. The van der Waals surface area contributed by atoms with Crippen LogP contribution in [0.5, 0.6) is 0 Å². The number of carbonyl (C=O) groups excluding carboxylic acids is 4. The van der Waals surface area contributed by atoms with E-state index in [4.69, 9.17) is 24.2 Å². The number of fused-ring (bicyclic) bond motifs is 4. The molecular weight excluding hydrogens is 753 g/mol. The van der Waals surface area contributed by atoms with Gasteiger partial charge in [0.2, 0.25) is 11.8 Å². The van der Waals surface area contributed by atoms with Crippen LogP contribution in [0.25, 0.3) is 21.8 Å². The highest BCUT2D eigenvalue weighted by atomic mass is 16.5. The Morgan fingerprint density at radius 2 is 1.63 bits per heavy atom. The van der Waals surface area contributed by atoms with Gasteiger partial charge in [0.1, 0.15) is 23.7 Å². The Labute approximate surface area is 343 Å². The minimum Gasteiger partial charge on any atom is -0.453 e. The van der Waals surface area contributed by atoms with E-state index in [0.717, 1.165) is 70.3 Å². The van der Waals surface area contributed by atoms with Crippen molar-refractivity contribution in [3.05, 3.63) is 65.5 Å². The maximum absolute atomic E-state index is 14.0. The molecule has 4 N–H and O–H groups in total. The average Bonchev–Trinajstić information content (AvgIpc) is 4.09. The number of hydrogen-bond acceptors (Lipinski definition) is 10. The summed E-state index contributed by atoms with van der Waals surface area (Å²) < 4.78 is 15.2. The largest absolute Gasteiger partial charge is 0.453 e. The Bertz CT molecular complexity index is 2280. The molecule has 15 nitrogen and oxygen atoms in total. The molecule has 5 heterocycles. The van der Waals surface area contributed by atoms with Crippen LogP contribution in [0.1, 0.15) is 69.8 Å². The second-order valence-electron chi connectivity index (χ2n) is 16.2. The van der Waals surface area contributed by atoms with Crippen LogP contribution in [0.2, 0.25) is 0 Å². The number of H-pyrrole nitrogens is 1. The van der Waals surface area contributed by atoms with Gasteiger partial charge in [-0.2, -0.15) is 0 Å². The van der Waals surface area contributed by atoms with Crippen LogP contribution in [0.3, 0.4) is 0 Å². The highest BCUT2D eigenvalue weighted by Crippen LogP contribution is 2.35. The number of methoxy groups -OCH3 is 2. The fraction of sp³-hybridized carbons (Fsp3) is 0.500. The van der Waals surface area contributed by atoms with E-state index in [-0.39, 0.29) is 47.8 Å². The van der Waals surface area contributed by atoms with Crippen molar-refractivity contribution in [1.29, 1.82) is 0 Å². The van der Waals surface area contributed by atoms with Gasteiger partial charge in [-0.15, -0.1) is 0 Å². The van der Waals surface area contributed by atoms with E-state index in [1.54, 1.807) is 0 Å². The number of nitrogens with zero attached hydrogens (tertiary/aromatic N) is 4. The van der Waals surface area contributed by atoms with Gasteiger partial charge in [0.05, 0.1) is 49.4 Å². The molecule has 6 atom stereocenters. The van der Waals surface area contributed by atoms with Crippen LogP contribution < -0.4 is 16.0 Å². The number of nitrogens with one attached hydrogen (secondary N) is 4. The fourth-order valence-corrected chi connectivity index (χ4v) is 9.06. The molecule has 0 bridgehead atoms. The molecule has 4 amide bonds. The topological polar surface area (TPSA) is 180 Å². The van der Waals surface area contributed by atoms with E-state index < -0.39 is 24.3 Å². The minimum atomic E-state index is -0.700. The zero-order valence-corrected chi connectivity index (χ0v) is 34.0. The Morgan fingerprint density at radius 1 is 0.898 bits per heavy atom. The summed E-state index contributed by atoms with van der Waals surface area (Å²) in [6, 6.07) is 8.17. The molecule has 1 aromatic heterocycles. The second kappa shape index (κ2) is 17.1. The van der Waals surface area contributed by atoms with Gasteiger partial charge in [-0.25, -0.2) is 14.6 Å². The summed E-state index contributed by atoms with van der Waals surface area (Å²) in [7, 11) is 2.60. The molecule has 3 saturated heterocycles. The van der Waals surface area contributed by atoms with Crippen molar-refractivity contribution in [1.82, 2.24) is 35.7 Å². The number of hydrogen-bond donors (Lipinski definition) is 4. The van der Waals surface area contributed by atoms with Gasteiger partial charge in [0.15, 0.2) is 0 Å². The van der Waals surface area contributed by atoms with E-state index in [1.165, 1.54) is 14.2 Å². The number of carbonyl (C=O) groups is 4. The third kappa shape index (κ3) is 8.23. The normalized spacial score (nSPS) is 23.8. The van der Waals surface area contributed by atoms with Crippen LogP contribution in [-0.4, -0.2) is 120 Å². The van der Waals surface area contributed by atoms with Gasteiger partial charge >= 0.3 is 12.2 Å². The van der Waals surface area contributed by atoms with Crippen molar-refractivity contribution in [3.8, 4) is 11.8 Å². The number of allylic oxidation sites excluding steroid dienone is 2. The molecule has 0 radical (unpaired) electrons. The van der Waals surface area contributed by atoms with E-state index in [1.807, 2.05) is 47.9 Å². The first-order valence-electron chi connectivity index (χ1n) is 20.7. The number of benzene rings is 2. The number of aliphatic imine (C=N–C) groups is 1. The fourth-order valence-electron chi connectivity index (χ4n) is 9.06. The first kappa shape index (κ1) is 39.9. The molecule has 3 aromatic rings. The third-order valence-corrected chi connectivity index (χ3v) is 12.2. The van der Waals surface area contributed by atoms with Gasteiger partial charge < -0.3 is 44.9 Å². The monoisotopic (exact) mass is 804 g/mol. The quantitative estimate of drug-likeness (QED) is 0.239. The zero-order chi connectivity index (χ0) is 41.2. The second-order valence-corrected chi connectivity index (χ2v) is 16.2. The SMILES string of the molecule is COC(=O)N[C@H](C(=O)N1CCCC1c1nc2c(ccc3cc(C#CC4=CC5NC(C6CCCN6C(=O)[C@@H](NC(=O)OC)C6CCOCC6)=NC5C=C4)ccc32)[nH]1)C(C)C. The van der Waals surface area contributed by atoms with Crippen LogP contribution in [0.4, 0.5) is 9.59 Å². The summed E-state index contributed by atoms with van der Waals surface area (Å²) >= 11 is 0. The molecule has 1 aliphatic carbocycles. The lowest BCUT2D eigenvalue weighted by molar-refractivity contribution is -0.136. The number of rotatable bonds is 8. The number of amidine groups is 1. The highest BCUT2D eigenvalue weighted by Gasteiger charge is 2.43. The lowest BCUT2D eigenvalue weighted by Crippen LogP contribution is -2.56. The number of aromatic amines is 1. The molecular formula is C44H52N8O7. The summed E-state index contributed by atoms with van der Waals surface area (Å²) in [5.41, 5.74) is 3.46. The lowest BCUT2D eigenvalue weighted by Gasteiger charge is -2.34. The molecule has 4 aliphatic heterocycles. The Balaban J connectivity index is 0.945. The van der Waals surface area contributed by atoms with E-state index in [9.17, 15) is 19.2 Å². The molecule has 2 aromatic carbocycles. The lowest BCUT2D eigenvalue weighted by atomic mass is 9.90. The molecule has 0 saturated carbocycles. The standard InChI is InChI=1S/C44H52N8O7/c1-25(2)36(49-43(55)57-3)41(53)51-19-6-8-35(51)40-46-32-16-13-29-23-26(11-14-30(29)38(32)48-40)9-10-27-12-15-31-33(24-27)47-39(45-31)34-7-5-20-52(34)42(54)37(50-44(56)58-4)28-17-21-59-22-18-28/h11-16,23-25,28,31,33-37H,5-8,17-22H2,1-4H3,(H,45,47)(H,46,48)(H,49,55)(H,50,56)/t31?,33?,34?,35?,36-,37-/m0/s1. The number of alkyl carbamates (subject to hydrolysis) is 2. The molecule has 5 aliphatic rings. The third-order valence-electron chi connectivity index (χ3n) is 12.2. The number of aromatic nitrogens is 2.